The van der Waals surface area contributed by atoms with Crippen molar-refractivity contribution in [3.8, 4) is 0 Å². The van der Waals surface area contributed by atoms with Gasteiger partial charge in [0.1, 0.15) is 11.9 Å². The van der Waals surface area contributed by atoms with Crippen LogP contribution in [0.2, 0.25) is 0 Å². The van der Waals surface area contributed by atoms with E-state index in [0.717, 1.165) is 69.6 Å². The second-order valence-corrected chi connectivity index (χ2v) is 9.85. The molecule has 0 N–H and O–H groups in total. The first-order chi connectivity index (χ1) is 12.7. The lowest BCUT2D eigenvalue weighted by Crippen LogP contribution is -2.50. The van der Waals surface area contributed by atoms with Crippen molar-refractivity contribution in [2.45, 2.75) is 89.6 Å². The van der Waals surface area contributed by atoms with Crippen molar-refractivity contribution in [1.82, 2.24) is 0 Å². The molecule has 4 nitrogen and oxygen atoms in total. The first kappa shape index (κ1) is 17.2. The fraction of sp³-hybridized carbons (Fsp3) is 0.909. The molecule has 6 rings (SSSR count). The number of Topliss-reactive ketones (excluding diaryl/α,β-unsaturated/α-hetero) is 1. The maximum absolute atomic E-state index is 13.0. The van der Waals surface area contributed by atoms with Gasteiger partial charge in [-0.1, -0.05) is 12.8 Å². The second-order valence-electron chi connectivity index (χ2n) is 9.85. The summed E-state index contributed by atoms with van der Waals surface area (Å²) >= 11 is 0. The molecule has 0 radical (unpaired) electrons. The molecule has 6 atom stereocenters. The van der Waals surface area contributed by atoms with Crippen LogP contribution in [0.15, 0.2) is 0 Å². The summed E-state index contributed by atoms with van der Waals surface area (Å²) in [5, 5.41) is 0. The van der Waals surface area contributed by atoms with Crippen molar-refractivity contribution in [1.29, 1.82) is 0 Å². The lowest BCUT2D eigenvalue weighted by Gasteiger charge is -2.51. The van der Waals surface area contributed by atoms with Crippen LogP contribution in [-0.4, -0.2) is 17.9 Å². The average molecular weight is 360 g/mol. The van der Waals surface area contributed by atoms with Crippen LogP contribution in [0.1, 0.15) is 83.5 Å². The Bertz CT molecular complexity index is 565. The fourth-order valence-corrected chi connectivity index (χ4v) is 7.18. The Morgan fingerprint density at radius 2 is 1.58 bits per heavy atom. The summed E-state index contributed by atoms with van der Waals surface area (Å²) in [5.74, 6) is 3.14. The van der Waals surface area contributed by atoms with Crippen molar-refractivity contribution in [3.63, 3.8) is 0 Å². The zero-order valence-corrected chi connectivity index (χ0v) is 15.8. The van der Waals surface area contributed by atoms with E-state index in [4.69, 9.17) is 9.78 Å². The summed E-state index contributed by atoms with van der Waals surface area (Å²) in [7, 11) is 0. The number of rotatable bonds is 3. The van der Waals surface area contributed by atoms with Crippen molar-refractivity contribution in [2.24, 2.45) is 35.0 Å². The van der Waals surface area contributed by atoms with E-state index < -0.39 is 0 Å². The molecule has 6 aliphatic rings. The van der Waals surface area contributed by atoms with Crippen molar-refractivity contribution >= 4 is 11.8 Å². The standard InChI is InChI=1S/C22H32O4/c23-20-16-4-1-7-18(8-2-5-17(20)13-16)25-26-21(24)22-10-3-6-14-12-15(9-11-22)19(14)22/h14-19H,1-13H2. The highest BCUT2D eigenvalue weighted by atomic mass is 17.2. The van der Waals surface area contributed by atoms with Crippen LogP contribution in [0.5, 0.6) is 0 Å². The van der Waals surface area contributed by atoms with Gasteiger partial charge in [0.15, 0.2) is 0 Å². The third kappa shape index (κ3) is 2.66. The summed E-state index contributed by atoms with van der Waals surface area (Å²) in [6.07, 6.45) is 13.9. The molecule has 0 aromatic rings. The van der Waals surface area contributed by atoms with Crippen LogP contribution >= 0.6 is 0 Å². The molecule has 0 spiro atoms. The van der Waals surface area contributed by atoms with Crippen LogP contribution < -0.4 is 0 Å². The molecule has 0 aromatic carbocycles. The summed E-state index contributed by atoms with van der Waals surface area (Å²) in [6, 6.07) is 0. The number of carbonyl (C=O) groups is 2. The van der Waals surface area contributed by atoms with Gasteiger partial charge in [-0.3, -0.25) is 9.68 Å². The summed E-state index contributed by atoms with van der Waals surface area (Å²) < 4.78 is 0. The van der Waals surface area contributed by atoms with Crippen LogP contribution in [0.3, 0.4) is 0 Å². The maximum Gasteiger partial charge on any atom is 0.348 e. The molecular formula is C22H32O4. The molecule has 144 valence electrons. The lowest BCUT2D eigenvalue weighted by molar-refractivity contribution is -0.312. The third-order valence-electron chi connectivity index (χ3n) is 8.62. The van der Waals surface area contributed by atoms with E-state index in [1.807, 2.05) is 0 Å². The first-order valence-electron chi connectivity index (χ1n) is 11.1. The number of ketones is 1. The SMILES string of the molecule is O=C1C2CCCC(OOC(=O)C34CCCC5CC(CC3)C54)CCCC1C2. The van der Waals surface area contributed by atoms with Crippen molar-refractivity contribution in [2.75, 3.05) is 0 Å². The van der Waals surface area contributed by atoms with Gasteiger partial charge in [0.2, 0.25) is 0 Å². The highest BCUT2D eigenvalue weighted by Crippen LogP contribution is 2.66. The topological polar surface area (TPSA) is 52.6 Å². The van der Waals surface area contributed by atoms with Crippen molar-refractivity contribution < 1.29 is 19.4 Å². The third-order valence-corrected chi connectivity index (χ3v) is 8.62. The van der Waals surface area contributed by atoms with E-state index in [9.17, 15) is 9.59 Å². The van der Waals surface area contributed by atoms with Crippen LogP contribution in [0.25, 0.3) is 0 Å². The normalized spacial score (nSPS) is 47.3. The summed E-state index contributed by atoms with van der Waals surface area (Å²) in [5.41, 5.74) is -0.226. The molecule has 0 amide bonds. The van der Waals surface area contributed by atoms with Crippen molar-refractivity contribution in [3.05, 3.63) is 0 Å². The summed E-state index contributed by atoms with van der Waals surface area (Å²) in [4.78, 5) is 36.2. The number of hydrogen-bond donors (Lipinski definition) is 0. The molecule has 6 unspecified atom stereocenters. The molecule has 0 heterocycles. The highest BCUT2D eigenvalue weighted by Gasteiger charge is 2.63. The largest absolute Gasteiger partial charge is 0.348 e. The van der Waals surface area contributed by atoms with E-state index >= 15 is 0 Å². The highest BCUT2D eigenvalue weighted by molar-refractivity contribution is 5.88. The monoisotopic (exact) mass is 360 g/mol. The Labute approximate surface area is 156 Å². The molecule has 2 bridgehead atoms. The minimum Gasteiger partial charge on any atom is -0.299 e. The van der Waals surface area contributed by atoms with E-state index in [0.29, 0.717) is 23.5 Å². The smallest absolute Gasteiger partial charge is 0.299 e. The Morgan fingerprint density at radius 1 is 0.846 bits per heavy atom. The molecule has 6 aliphatic carbocycles. The van der Waals surface area contributed by atoms with Gasteiger partial charge in [0.05, 0.1) is 5.41 Å². The minimum absolute atomic E-state index is 0.0148. The molecule has 6 fully saturated rings. The number of carbonyl (C=O) groups excluding carboxylic acids is 2. The van der Waals surface area contributed by atoms with Gasteiger partial charge in [0.25, 0.3) is 0 Å². The second kappa shape index (κ2) is 6.61. The molecule has 0 aliphatic heterocycles. The Hall–Kier alpha value is -0.900. The molecular weight excluding hydrogens is 328 g/mol. The molecule has 0 saturated heterocycles. The lowest BCUT2D eigenvalue weighted by atomic mass is 9.53. The van der Waals surface area contributed by atoms with E-state index in [-0.39, 0.29) is 17.5 Å². The van der Waals surface area contributed by atoms with Gasteiger partial charge in [-0.15, -0.1) is 0 Å². The van der Waals surface area contributed by atoms with Crippen LogP contribution in [0.4, 0.5) is 0 Å². The van der Waals surface area contributed by atoms with E-state index in [1.165, 1.54) is 25.7 Å². The van der Waals surface area contributed by atoms with Gasteiger partial charge < -0.3 is 0 Å². The van der Waals surface area contributed by atoms with Gasteiger partial charge in [-0.2, -0.15) is 4.89 Å². The van der Waals surface area contributed by atoms with E-state index in [2.05, 4.69) is 0 Å². The number of fused-ring (bicyclic) bond motifs is 6. The fourth-order valence-electron chi connectivity index (χ4n) is 7.18. The van der Waals surface area contributed by atoms with E-state index in [1.54, 1.807) is 0 Å². The maximum atomic E-state index is 13.0. The quantitative estimate of drug-likeness (QED) is 0.545. The van der Waals surface area contributed by atoms with Gasteiger partial charge >= 0.3 is 5.97 Å². The van der Waals surface area contributed by atoms with Crippen LogP contribution in [-0.2, 0) is 19.4 Å². The molecule has 0 aromatic heterocycles. The van der Waals surface area contributed by atoms with Crippen LogP contribution in [0, 0.1) is 35.0 Å². The van der Waals surface area contributed by atoms with Gasteiger partial charge in [-0.25, -0.2) is 4.79 Å². The summed E-state index contributed by atoms with van der Waals surface area (Å²) in [6.45, 7) is 0. The molecule has 26 heavy (non-hydrogen) atoms. The molecule has 4 heteroatoms. The zero-order chi connectivity index (χ0) is 17.7. The average Bonchev–Trinajstić information content (AvgIpc) is 3.00. The Morgan fingerprint density at radius 3 is 2.31 bits per heavy atom. The first-order valence-corrected chi connectivity index (χ1v) is 11.1. The Kier molecular flexibility index (Phi) is 4.38. The van der Waals surface area contributed by atoms with Gasteiger partial charge in [0, 0.05) is 11.8 Å². The predicted molar refractivity (Wildman–Crippen MR) is 95.9 cm³/mol. The van der Waals surface area contributed by atoms with Gasteiger partial charge in [-0.05, 0) is 88.4 Å². The minimum atomic E-state index is -0.226. The predicted octanol–water partition coefficient (Wildman–Crippen LogP) is 4.61. The zero-order valence-electron chi connectivity index (χ0n) is 15.8. The molecule has 6 saturated carbocycles. The number of hydrogen-bond acceptors (Lipinski definition) is 4. The Balaban J connectivity index is 1.17.